The molecule has 0 saturated heterocycles. The van der Waals surface area contributed by atoms with E-state index in [2.05, 4.69) is 17.4 Å². The zero-order chi connectivity index (χ0) is 12.7. The van der Waals surface area contributed by atoms with Crippen LogP contribution >= 0.6 is 12.4 Å². The summed E-state index contributed by atoms with van der Waals surface area (Å²) < 4.78 is 0. The summed E-state index contributed by atoms with van der Waals surface area (Å²) in [5.74, 6) is 0.182. The number of nitrogens with one attached hydrogen (secondary N) is 1. The van der Waals surface area contributed by atoms with Gasteiger partial charge in [0.1, 0.15) is 0 Å². The van der Waals surface area contributed by atoms with Crippen LogP contribution < -0.4 is 11.1 Å². The monoisotopic (exact) mass is 270 g/mol. The quantitative estimate of drug-likeness (QED) is 0.832. The van der Waals surface area contributed by atoms with Crippen LogP contribution in [0.1, 0.15) is 25.8 Å². The van der Waals surface area contributed by atoms with Gasteiger partial charge in [-0.15, -0.1) is 12.4 Å². The lowest BCUT2D eigenvalue weighted by Crippen LogP contribution is -2.45. The van der Waals surface area contributed by atoms with Gasteiger partial charge in [0.2, 0.25) is 5.91 Å². The van der Waals surface area contributed by atoms with Gasteiger partial charge in [0.15, 0.2) is 0 Å². The fraction of sp³-hybridized carbons (Fsp3) is 0.500. The molecule has 0 spiro atoms. The van der Waals surface area contributed by atoms with Crippen LogP contribution in [0.5, 0.6) is 0 Å². The van der Waals surface area contributed by atoms with E-state index in [1.165, 1.54) is 5.56 Å². The van der Waals surface area contributed by atoms with Crippen molar-refractivity contribution < 1.29 is 4.79 Å². The second-order valence-electron chi connectivity index (χ2n) is 4.44. The van der Waals surface area contributed by atoms with Crippen molar-refractivity contribution in [3.8, 4) is 0 Å². The first-order valence-electron chi connectivity index (χ1n) is 6.22. The van der Waals surface area contributed by atoms with Crippen molar-refractivity contribution in [1.82, 2.24) is 5.32 Å². The maximum atomic E-state index is 11.7. The van der Waals surface area contributed by atoms with Gasteiger partial charge in [-0.3, -0.25) is 4.79 Å². The van der Waals surface area contributed by atoms with Crippen LogP contribution in [0.2, 0.25) is 0 Å². The fourth-order valence-corrected chi connectivity index (χ4v) is 1.60. The summed E-state index contributed by atoms with van der Waals surface area (Å²) in [4.78, 5) is 11.7. The Hall–Kier alpha value is -1.06. The Kier molecular flexibility index (Phi) is 8.42. The molecule has 0 unspecified atom stereocenters. The summed E-state index contributed by atoms with van der Waals surface area (Å²) in [6.45, 7) is 4.69. The van der Waals surface area contributed by atoms with Crippen molar-refractivity contribution >= 4 is 18.3 Å². The summed E-state index contributed by atoms with van der Waals surface area (Å²) in [7, 11) is 0. The second kappa shape index (κ2) is 8.95. The van der Waals surface area contributed by atoms with Crippen LogP contribution in [0.25, 0.3) is 0 Å². The van der Waals surface area contributed by atoms with Crippen molar-refractivity contribution in [3.05, 3.63) is 35.9 Å². The van der Waals surface area contributed by atoms with Gasteiger partial charge in [-0.25, -0.2) is 0 Å². The number of benzene rings is 1. The Balaban J connectivity index is 0.00000289. The van der Waals surface area contributed by atoms with Crippen LogP contribution in [0.3, 0.4) is 0 Å². The number of hydrogen-bond acceptors (Lipinski definition) is 2. The third kappa shape index (κ3) is 5.52. The van der Waals surface area contributed by atoms with E-state index in [-0.39, 0.29) is 24.2 Å². The highest BCUT2D eigenvalue weighted by molar-refractivity contribution is 5.85. The molecule has 2 atom stereocenters. The van der Waals surface area contributed by atoms with Gasteiger partial charge in [-0.2, -0.15) is 0 Å². The average Bonchev–Trinajstić information content (AvgIpc) is 2.38. The molecule has 102 valence electrons. The van der Waals surface area contributed by atoms with Gasteiger partial charge >= 0.3 is 0 Å². The average molecular weight is 271 g/mol. The van der Waals surface area contributed by atoms with Gasteiger partial charge in [-0.1, -0.05) is 50.6 Å². The number of nitrogens with two attached hydrogens (primary N) is 1. The second-order valence-corrected chi connectivity index (χ2v) is 4.44. The normalized spacial score (nSPS) is 13.3. The number of halogens is 1. The Labute approximate surface area is 116 Å². The minimum Gasteiger partial charge on any atom is -0.354 e. The molecule has 1 rings (SSSR count). The summed E-state index contributed by atoms with van der Waals surface area (Å²) in [6.07, 6.45) is 1.77. The number of hydrogen-bond donors (Lipinski definition) is 2. The lowest BCUT2D eigenvalue weighted by molar-refractivity contribution is -0.123. The molecule has 0 bridgehead atoms. The van der Waals surface area contributed by atoms with E-state index in [1.807, 2.05) is 32.0 Å². The Morgan fingerprint density at radius 1 is 1.33 bits per heavy atom. The first-order chi connectivity index (χ1) is 8.15. The van der Waals surface area contributed by atoms with Crippen molar-refractivity contribution in [2.45, 2.75) is 32.7 Å². The molecule has 0 saturated carbocycles. The van der Waals surface area contributed by atoms with Gasteiger partial charge < -0.3 is 11.1 Å². The minimum atomic E-state index is -0.393. The van der Waals surface area contributed by atoms with Crippen LogP contribution in [0.4, 0.5) is 0 Å². The SMILES string of the molecule is CC[C@H](C)[C@H](N)C(=O)NCCc1ccccc1.Cl. The zero-order valence-electron chi connectivity index (χ0n) is 11.1. The van der Waals surface area contributed by atoms with Gasteiger partial charge in [0.05, 0.1) is 6.04 Å². The minimum absolute atomic E-state index is 0. The highest BCUT2D eigenvalue weighted by Crippen LogP contribution is 2.05. The summed E-state index contributed by atoms with van der Waals surface area (Å²) in [6, 6.07) is 9.71. The van der Waals surface area contributed by atoms with E-state index in [9.17, 15) is 4.79 Å². The van der Waals surface area contributed by atoms with Crippen LogP contribution in [0.15, 0.2) is 30.3 Å². The topological polar surface area (TPSA) is 55.1 Å². The molecule has 4 heteroatoms. The predicted molar refractivity (Wildman–Crippen MR) is 77.8 cm³/mol. The molecule has 0 aliphatic rings. The van der Waals surface area contributed by atoms with E-state index in [0.29, 0.717) is 6.54 Å². The van der Waals surface area contributed by atoms with Crippen LogP contribution in [-0.2, 0) is 11.2 Å². The van der Waals surface area contributed by atoms with E-state index in [4.69, 9.17) is 5.73 Å². The molecule has 0 heterocycles. The van der Waals surface area contributed by atoms with Crippen molar-refractivity contribution in [3.63, 3.8) is 0 Å². The molecule has 0 fully saturated rings. The first-order valence-corrected chi connectivity index (χ1v) is 6.22. The Bertz CT molecular complexity index is 343. The lowest BCUT2D eigenvalue weighted by Gasteiger charge is -2.17. The molecule has 1 aromatic rings. The maximum Gasteiger partial charge on any atom is 0.237 e. The summed E-state index contributed by atoms with van der Waals surface area (Å²) in [5.41, 5.74) is 7.07. The van der Waals surface area contributed by atoms with Crippen molar-refractivity contribution in [1.29, 1.82) is 0 Å². The molecule has 0 aliphatic heterocycles. The fourth-order valence-electron chi connectivity index (χ4n) is 1.60. The van der Waals surface area contributed by atoms with Gasteiger partial charge in [0.25, 0.3) is 0 Å². The maximum absolute atomic E-state index is 11.7. The molecule has 3 nitrogen and oxygen atoms in total. The standard InChI is InChI=1S/C14H22N2O.ClH/c1-3-11(2)13(15)14(17)16-10-9-12-7-5-4-6-8-12;/h4-8,11,13H,3,9-10,15H2,1-2H3,(H,16,17);1H/t11-,13-;/m0./s1. The Morgan fingerprint density at radius 2 is 1.94 bits per heavy atom. The highest BCUT2D eigenvalue weighted by atomic mass is 35.5. The number of carbonyl (C=O) groups excluding carboxylic acids is 1. The molecule has 1 aromatic carbocycles. The van der Waals surface area contributed by atoms with Crippen LogP contribution in [-0.4, -0.2) is 18.5 Å². The molecular weight excluding hydrogens is 248 g/mol. The van der Waals surface area contributed by atoms with Gasteiger partial charge in [0, 0.05) is 6.54 Å². The van der Waals surface area contributed by atoms with Crippen molar-refractivity contribution in [2.24, 2.45) is 11.7 Å². The third-order valence-corrected chi connectivity index (χ3v) is 3.12. The number of carbonyl (C=O) groups is 1. The molecule has 18 heavy (non-hydrogen) atoms. The van der Waals surface area contributed by atoms with Crippen LogP contribution in [0, 0.1) is 5.92 Å². The summed E-state index contributed by atoms with van der Waals surface area (Å²) >= 11 is 0. The molecule has 0 aliphatic carbocycles. The first kappa shape index (κ1) is 16.9. The third-order valence-electron chi connectivity index (χ3n) is 3.12. The van der Waals surface area contributed by atoms with E-state index < -0.39 is 6.04 Å². The lowest BCUT2D eigenvalue weighted by atomic mass is 9.99. The smallest absolute Gasteiger partial charge is 0.237 e. The van der Waals surface area contributed by atoms with E-state index in [1.54, 1.807) is 0 Å². The number of amides is 1. The van der Waals surface area contributed by atoms with E-state index >= 15 is 0 Å². The van der Waals surface area contributed by atoms with Gasteiger partial charge in [-0.05, 0) is 17.9 Å². The largest absolute Gasteiger partial charge is 0.354 e. The zero-order valence-corrected chi connectivity index (χ0v) is 11.9. The number of rotatable bonds is 6. The molecule has 0 aromatic heterocycles. The molecule has 0 radical (unpaired) electrons. The van der Waals surface area contributed by atoms with Crippen molar-refractivity contribution in [2.75, 3.05) is 6.54 Å². The molecule has 1 amide bonds. The predicted octanol–water partition coefficient (Wildman–Crippen LogP) is 2.14. The highest BCUT2D eigenvalue weighted by Gasteiger charge is 2.18. The summed E-state index contributed by atoms with van der Waals surface area (Å²) in [5, 5.41) is 2.88. The Morgan fingerprint density at radius 3 is 2.50 bits per heavy atom. The van der Waals surface area contributed by atoms with E-state index in [0.717, 1.165) is 12.8 Å². The molecule has 3 N–H and O–H groups in total. The molecular formula is C14H23ClN2O.